The van der Waals surface area contributed by atoms with Gasteiger partial charge in [-0.3, -0.25) is 0 Å². The van der Waals surface area contributed by atoms with Crippen molar-refractivity contribution in [1.82, 2.24) is 9.13 Å². The summed E-state index contributed by atoms with van der Waals surface area (Å²) in [6, 6.07) is 50.7. The Morgan fingerprint density at radius 2 is 0.943 bits per heavy atom. The highest BCUT2D eigenvalue weighted by atomic mass is 15.0. The van der Waals surface area contributed by atoms with Gasteiger partial charge in [-0.2, -0.15) is 0 Å². The summed E-state index contributed by atoms with van der Waals surface area (Å²) in [6.45, 7) is 14.6. The van der Waals surface area contributed by atoms with Crippen LogP contribution in [0.15, 0.2) is 133 Å². The molecule has 2 heteroatoms. The van der Waals surface area contributed by atoms with Crippen LogP contribution in [0.2, 0.25) is 0 Å². The third kappa shape index (κ3) is 3.99. The number of hydrogen-bond acceptors (Lipinski definition) is 0. The second kappa shape index (κ2) is 10.3. The van der Waals surface area contributed by atoms with Gasteiger partial charge in [0.1, 0.15) is 0 Å². The first-order valence-electron chi connectivity index (χ1n) is 19.3. The molecular weight excluding hydrogens is 641 g/mol. The number of hydrogen-bond donors (Lipinski definition) is 0. The molecule has 0 unspecified atom stereocenters. The lowest BCUT2D eigenvalue weighted by atomic mass is 9.63. The van der Waals surface area contributed by atoms with Crippen molar-refractivity contribution in [3.8, 4) is 22.5 Å². The molecule has 0 bridgehead atoms. The summed E-state index contributed by atoms with van der Waals surface area (Å²) in [5.74, 6) is 0. The first-order chi connectivity index (χ1) is 25.6. The van der Waals surface area contributed by atoms with Crippen molar-refractivity contribution in [2.45, 2.75) is 70.6 Å². The van der Waals surface area contributed by atoms with E-state index in [0.29, 0.717) is 0 Å². The number of fused-ring (bicyclic) bond motifs is 14. The molecule has 2 aliphatic carbocycles. The topological polar surface area (TPSA) is 9.86 Å². The van der Waals surface area contributed by atoms with E-state index in [1.54, 1.807) is 0 Å². The van der Waals surface area contributed by atoms with Gasteiger partial charge in [0.05, 0.1) is 22.1 Å². The first kappa shape index (κ1) is 31.0. The minimum atomic E-state index is -0.0969. The fraction of sp³-hybridized carbons (Fsp3) is 0.216. The largest absolute Gasteiger partial charge is 0.307 e. The normalized spacial score (nSPS) is 16.8. The maximum absolute atomic E-state index is 2.60. The average Bonchev–Trinajstić information content (AvgIpc) is 3.77. The molecule has 2 heterocycles. The van der Waals surface area contributed by atoms with Gasteiger partial charge in [-0.15, -0.1) is 0 Å². The predicted molar refractivity (Wildman–Crippen MR) is 225 cm³/mol. The number of rotatable bonds is 2. The molecule has 0 saturated carbocycles. The predicted octanol–water partition coefficient (Wildman–Crippen LogP) is 13.7. The molecule has 0 amide bonds. The number of benzene rings is 7. The van der Waals surface area contributed by atoms with Crippen LogP contribution in [-0.2, 0) is 16.2 Å². The molecule has 0 radical (unpaired) electrons. The zero-order valence-electron chi connectivity index (χ0n) is 31.5. The van der Waals surface area contributed by atoms with E-state index in [-0.39, 0.29) is 16.2 Å². The second-order valence-electron chi connectivity index (χ2n) is 17.6. The van der Waals surface area contributed by atoms with Crippen molar-refractivity contribution < 1.29 is 0 Å². The summed E-state index contributed by atoms with van der Waals surface area (Å²) in [7, 11) is 0. The molecule has 11 rings (SSSR count). The van der Waals surface area contributed by atoms with E-state index in [9.17, 15) is 0 Å². The fourth-order valence-corrected chi connectivity index (χ4v) is 10.4. The van der Waals surface area contributed by atoms with Gasteiger partial charge < -0.3 is 9.13 Å². The molecule has 0 fully saturated rings. The highest BCUT2D eigenvalue weighted by molar-refractivity contribution is 6.36. The smallest absolute Gasteiger partial charge is 0.0795 e. The third-order valence-corrected chi connectivity index (χ3v) is 13.3. The quantitative estimate of drug-likeness (QED) is 0.172. The Labute approximate surface area is 311 Å². The Hall–Kier alpha value is -5.60. The highest BCUT2D eigenvalue weighted by Gasteiger charge is 2.39. The molecule has 2 aliphatic rings. The van der Waals surface area contributed by atoms with Crippen LogP contribution in [0.5, 0.6) is 0 Å². The van der Waals surface area contributed by atoms with Crippen LogP contribution in [0.25, 0.3) is 76.9 Å². The molecule has 0 atom stereocenters. The molecule has 2 nitrogen and oxygen atoms in total. The van der Waals surface area contributed by atoms with Crippen LogP contribution >= 0.6 is 0 Å². The van der Waals surface area contributed by atoms with E-state index in [2.05, 4.69) is 184 Å². The van der Waals surface area contributed by atoms with Crippen molar-refractivity contribution in [3.63, 3.8) is 0 Å². The standard InChI is InChI=1S/C51H44N2/c1-49(2)26-27-50(3,4)42-30-44-38(29-41(42)49)46-36-20-11-10-19-35(36)45-37-21-13-15-23-43(37)53(47(45)48(46)52(44)31-16-8-7-9-17-31)32-24-25-34-33-18-12-14-22-39(33)51(5,6)40(34)28-32/h7-25,28-30H,26-27H2,1-6H3. The molecule has 53 heavy (non-hydrogen) atoms. The Balaban J connectivity index is 1.38. The SMILES string of the molecule is CC1(C)CCC(C)(C)c2cc3c(cc21)c1c2ccccc2c2c4ccccc4n(-c4ccc5c(c4)C(C)(C)c4ccccc4-5)c2c1n3-c1ccccc1. The summed E-state index contributed by atoms with van der Waals surface area (Å²) in [5.41, 5.74) is 16.1. The van der Waals surface area contributed by atoms with Crippen molar-refractivity contribution in [3.05, 3.63) is 156 Å². The van der Waals surface area contributed by atoms with Crippen LogP contribution in [0.3, 0.4) is 0 Å². The van der Waals surface area contributed by atoms with Crippen LogP contribution in [0.4, 0.5) is 0 Å². The molecular formula is C51H44N2. The van der Waals surface area contributed by atoms with E-state index in [1.165, 1.54) is 112 Å². The summed E-state index contributed by atoms with van der Waals surface area (Å²) >= 11 is 0. The molecule has 0 saturated heterocycles. The van der Waals surface area contributed by atoms with Gasteiger partial charge in [0.15, 0.2) is 0 Å². The molecule has 0 aliphatic heterocycles. The van der Waals surface area contributed by atoms with E-state index < -0.39 is 0 Å². The van der Waals surface area contributed by atoms with E-state index in [1.807, 2.05) is 0 Å². The maximum atomic E-state index is 2.60. The van der Waals surface area contributed by atoms with Crippen LogP contribution in [0.1, 0.15) is 76.6 Å². The van der Waals surface area contributed by atoms with Crippen molar-refractivity contribution in [2.24, 2.45) is 0 Å². The molecule has 0 N–H and O–H groups in total. The molecule has 258 valence electrons. The van der Waals surface area contributed by atoms with Crippen LogP contribution < -0.4 is 0 Å². The van der Waals surface area contributed by atoms with E-state index >= 15 is 0 Å². The van der Waals surface area contributed by atoms with Gasteiger partial charge in [0.25, 0.3) is 0 Å². The Kier molecular flexibility index (Phi) is 6.01. The van der Waals surface area contributed by atoms with Gasteiger partial charge in [-0.1, -0.05) is 133 Å². The monoisotopic (exact) mass is 684 g/mol. The van der Waals surface area contributed by atoms with E-state index in [0.717, 1.165) is 0 Å². The number of nitrogens with zero attached hydrogens (tertiary/aromatic N) is 2. The lowest BCUT2D eigenvalue weighted by Crippen LogP contribution is -2.33. The van der Waals surface area contributed by atoms with Gasteiger partial charge in [0.2, 0.25) is 0 Å². The van der Waals surface area contributed by atoms with Crippen molar-refractivity contribution in [1.29, 1.82) is 0 Å². The minimum Gasteiger partial charge on any atom is -0.307 e. The maximum Gasteiger partial charge on any atom is 0.0795 e. The Bertz CT molecular complexity index is 3020. The van der Waals surface area contributed by atoms with Crippen molar-refractivity contribution >= 4 is 54.4 Å². The second-order valence-corrected chi connectivity index (χ2v) is 17.6. The zero-order chi connectivity index (χ0) is 36.0. The lowest BCUT2D eigenvalue weighted by Gasteiger charge is -2.42. The highest BCUT2D eigenvalue weighted by Crippen LogP contribution is 2.53. The van der Waals surface area contributed by atoms with Crippen LogP contribution in [0, 0.1) is 0 Å². The van der Waals surface area contributed by atoms with Gasteiger partial charge in [0, 0.05) is 38.3 Å². The number of para-hydroxylation sites is 2. The van der Waals surface area contributed by atoms with E-state index in [4.69, 9.17) is 0 Å². The molecule has 9 aromatic rings. The summed E-state index contributed by atoms with van der Waals surface area (Å²) in [6.07, 6.45) is 2.37. The van der Waals surface area contributed by atoms with Gasteiger partial charge >= 0.3 is 0 Å². The van der Waals surface area contributed by atoms with Gasteiger partial charge in [-0.25, -0.2) is 0 Å². The van der Waals surface area contributed by atoms with Crippen LogP contribution in [-0.4, -0.2) is 9.13 Å². The van der Waals surface area contributed by atoms with Gasteiger partial charge in [-0.05, 0) is 110 Å². The fourth-order valence-electron chi connectivity index (χ4n) is 10.4. The molecule has 2 aromatic heterocycles. The summed E-state index contributed by atoms with van der Waals surface area (Å²) in [4.78, 5) is 0. The minimum absolute atomic E-state index is 0.0953. The number of aromatic nitrogens is 2. The average molecular weight is 685 g/mol. The molecule has 0 spiro atoms. The Morgan fingerprint density at radius 1 is 0.396 bits per heavy atom. The lowest BCUT2D eigenvalue weighted by molar-refractivity contribution is 0.332. The third-order valence-electron chi connectivity index (χ3n) is 13.3. The first-order valence-corrected chi connectivity index (χ1v) is 19.3. The van der Waals surface area contributed by atoms with Crippen molar-refractivity contribution in [2.75, 3.05) is 0 Å². The Morgan fingerprint density at radius 3 is 1.66 bits per heavy atom. The zero-order valence-corrected chi connectivity index (χ0v) is 31.5. The molecule has 7 aromatic carbocycles. The summed E-state index contributed by atoms with van der Waals surface area (Å²) in [5, 5.41) is 7.91. The summed E-state index contributed by atoms with van der Waals surface area (Å²) < 4.78 is 5.19.